The number of phenols is 1. The summed E-state index contributed by atoms with van der Waals surface area (Å²) >= 11 is 0. The zero-order valence-electron chi connectivity index (χ0n) is 18.0. The Morgan fingerprint density at radius 1 is 1.06 bits per heavy atom. The Morgan fingerprint density at radius 2 is 1.79 bits per heavy atom. The SMILES string of the molecule is O=C(O[C@@H]1[C@H]2CCO[C@@H](O[C@H]3O[C@H](CO)[C@@H](O)[C@H](O)[C@H]3O)[C@@H]2[C@]2(CO)O[C@@H]12)c1ccc(O)cc1. The van der Waals surface area contributed by atoms with Gasteiger partial charge in [-0.2, -0.15) is 0 Å². The number of esters is 1. The van der Waals surface area contributed by atoms with Gasteiger partial charge in [-0.15, -0.1) is 0 Å². The van der Waals surface area contributed by atoms with E-state index in [2.05, 4.69) is 0 Å². The first kappa shape index (κ1) is 23.9. The molecule has 1 aromatic rings. The number of phenolic OH excluding ortho intramolecular Hbond substituents is 1. The molecule has 3 heterocycles. The number of aliphatic hydroxyl groups is 5. The number of rotatable bonds is 6. The summed E-state index contributed by atoms with van der Waals surface area (Å²) in [5.41, 5.74) is -0.832. The van der Waals surface area contributed by atoms with Gasteiger partial charge in [-0.3, -0.25) is 0 Å². The molecule has 0 aromatic heterocycles. The Labute approximate surface area is 194 Å². The van der Waals surface area contributed by atoms with Crippen LogP contribution in [-0.2, 0) is 23.7 Å². The number of hydrogen-bond donors (Lipinski definition) is 6. The second-order valence-corrected chi connectivity index (χ2v) is 9.12. The molecule has 1 aromatic carbocycles. The lowest BCUT2D eigenvalue weighted by molar-refractivity contribution is -0.356. The van der Waals surface area contributed by atoms with Crippen LogP contribution >= 0.6 is 0 Å². The highest BCUT2D eigenvalue weighted by Gasteiger charge is 2.77. The minimum atomic E-state index is -1.62. The van der Waals surface area contributed by atoms with Gasteiger partial charge in [-0.25, -0.2) is 4.79 Å². The van der Waals surface area contributed by atoms with Gasteiger partial charge in [0.05, 0.1) is 31.3 Å². The average molecular weight is 484 g/mol. The highest BCUT2D eigenvalue weighted by atomic mass is 16.8. The third kappa shape index (κ3) is 3.79. The summed E-state index contributed by atoms with van der Waals surface area (Å²) in [4.78, 5) is 12.7. The van der Waals surface area contributed by atoms with Crippen molar-refractivity contribution in [3.05, 3.63) is 29.8 Å². The summed E-state index contributed by atoms with van der Waals surface area (Å²) in [5, 5.41) is 59.4. The topological polar surface area (TPSA) is 188 Å². The van der Waals surface area contributed by atoms with E-state index in [0.717, 1.165) is 0 Å². The fraction of sp³-hybridized carbons (Fsp3) is 0.682. The molecule has 0 amide bonds. The van der Waals surface area contributed by atoms with E-state index in [-0.39, 0.29) is 30.4 Å². The van der Waals surface area contributed by atoms with Gasteiger partial charge >= 0.3 is 5.97 Å². The molecule has 0 radical (unpaired) electrons. The normalized spacial score (nSPS) is 45.3. The van der Waals surface area contributed by atoms with E-state index in [1.54, 1.807) is 0 Å². The molecule has 12 nitrogen and oxygen atoms in total. The molecule has 3 saturated heterocycles. The number of carbonyl (C=O) groups is 1. The highest BCUT2D eigenvalue weighted by molar-refractivity contribution is 5.89. The minimum Gasteiger partial charge on any atom is -0.508 e. The molecule has 0 bridgehead atoms. The number of epoxide rings is 1. The molecule has 188 valence electrons. The van der Waals surface area contributed by atoms with Gasteiger partial charge in [-0.05, 0) is 30.7 Å². The van der Waals surface area contributed by atoms with Crippen molar-refractivity contribution in [2.45, 2.75) is 61.2 Å². The Kier molecular flexibility index (Phi) is 6.29. The summed E-state index contributed by atoms with van der Waals surface area (Å²) in [5.74, 6) is -1.47. The minimum absolute atomic E-state index is 0.0138. The third-order valence-electron chi connectivity index (χ3n) is 7.25. The van der Waals surface area contributed by atoms with Gasteiger partial charge in [0.25, 0.3) is 0 Å². The van der Waals surface area contributed by atoms with Crippen molar-refractivity contribution < 1.29 is 59.1 Å². The Morgan fingerprint density at radius 3 is 2.47 bits per heavy atom. The van der Waals surface area contributed by atoms with E-state index < -0.39 is 73.3 Å². The van der Waals surface area contributed by atoms with Crippen molar-refractivity contribution in [3.63, 3.8) is 0 Å². The molecule has 12 heteroatoms. The van der Waals surface area contributed by atoms with Crippen molar-refractivity contribution in [3.8, 4) is 5.75 Å². The van der Waals surface area contributed by atoms with Crippen molar-refractivity contribution in [1.29, 1.82) is 0 Å². The second-order valence-electron chi connectivity index (χ2n) is 9.12. The van der Waals surface area contributed by atoms with E-state index >= 15 is 0 Å². The lowest BCUT2D eigenvalue weighted by Gasteiger charge is -2.44. The van der Waals surface area contributed by atoms with E-state index in [4.69, 9.17) is 23.7 Å². The van der Waals surface area contributed by atoms with Gasteiger partial charge in [-0.1, -0.05) is 0 Å². The summed E-state index contributed by atoms with van der Waals surface area (Å²) in [7, 11) is 0. The van der Waals surface area contributed by atoms with Crippen LogP contribution in [0.5, 0.6) is 5.75 Å². The molecule has 6 N–H and O–H groups in total. The Balaban J connectivity index is 1.33. The first-order valence-electron chi connectivity index (χ1n) is 11.2. The van der Waals surface area contributed by atoms with E-state index in [0.29, 0.717) is 6.42 Å². The zero-order chi connectivity index (χ0) is 24.2. The fourth-order valence-corrected chi connectivity index (χ4v) is 5.41. The van der Waals surface area contributed by atoms with Crippen LogP contribution in [0.2, 0.25) is 0 Å². The first-order valence-corrected chi connectivity index (χ1v) is 11.2. The quantitative estimate of drug-likeness (QED) is 0.190. The predicted octanol–water partition coefficient (Wildman–Crippen LogP) is -2.14. The van der Waals surface area contributed by atoms with E-state index in [1.165, 1.54) is 24.3 Å². The molecular weight excluding hydrogens is 456 g/mol. The number of aliphatic hydroxyl groups excluding tert-OH is 5. The monoisotopic (exact) mass is 484 g/mol. The molecule has 5 rings (SSSR count). The lowest BCUT2D eigenvalue weighted by atomic mass is 9.83. The Bertz CT molecular complexity index is 892. The number of ether oxygens (including phenoxy) is 5. The number of aromatic hydroxyl groups is 1. The molecule has 0 unspecified atom stereocenters. The summed E-state index contributed by atoms with van der Waals surface area (Å²) < 4.78 is 28.6. The summed E-state index contributed by atoms with van der Waals surface area (Å²) in [6.45, 7) is -0.766. The maximum atomic E-state index is 12.7. The average Bonchev–Trinajstić information content (AvgIpc) is 3.52. The first-order chi connectivity index (χ1) is 16.3. The molecule has 4 fully saturated rings. The number of carbonyl (C=O) groups excluding carboxylic acids is 1. The van der Waals surface area contributed by atoms with Crippen molar-refractivity contribution >= 4 is 5.97 Å². The van der Waals surface area contributed by atoms with Crippen LogP contribution in [0.1, 0.15) is 16.8 Å². The van der Waals surface area contributed by atoms with Crippen molar-refractivity contribution in [1.82, 2.24) is 0 Å². The molecule has 3 aliphatic heterocycles. The Hall–Kier alpha value is -1.87. The molecule has 0 spiro atoms. The predicted molar refractivity (Wildman–Crippen MR) is 108 cm³/mol. The fourth-order valence-electron chi connectivity index (χ4n) is 5.41. The zero-order valence-corrected chi connectivity index (χ0v) is 18.0. The van der Waals surface area contributed by atoms with E-state index in [9.17, 15) is 35.4 Å². The highest BCUT2D eigenvalue weighted by Crippen LogP contribution is 2.61. The molecule has 1 aliphatic carbocycles. The number of benzene rings is 1. The maximum Gasteiger partial charge on any atom is 0.338 e. The van der Waals surface area contributed by atoms with Crippen LogP contribution in [0, 0.1) is 11.8 Å². The maximum absolute atomic E-state index is 12.7. The summed E-state index contributed by atoms with van der Waals surface area (Å²) in [6.07, 6.45) is -9.17. The van der Waals surface area contributed by atoms with Gasteiger partial charge in [0.1, 0.15) is 48.0 Å². The van der Waals surface area contributed by atoms with Gasteiger partial charge in [0, 0.05) is 5.92 Å². The smallest absolute Gasteiger partial charge is 0.338 e. The largest absolute Gasteiger partial charge is 0.508 e. The van der Waals surface area contributed by atoms with Crippen LogP contribution in [0.4, 0.5) is 0 Å². The van der Waals surface area contributed by atoms with Gasteiger partial charge in [0.15, 0.2) is 12.6 Å². The molecule has 11 atom stereocenters. The molecular formula is C22H28O12. The third-order valence-corrected chi connectivity index (χ3v) is 7.25. The van der Waals surface area contributed by atoms with Crippen LogP contribution in [0.15, 0.2) is 24.3 Å². The molecule has 1 saturated carbocycles. The van der Waals surface area contributed by atoms with Crippen LogP contribution in [-0.4, -0.2) is 111 Å². The standard InChI is InChI=1S/C22H28O12/c23-7-12-14(26)15(27)16(28)21(31-12)33-20-13-11(5-6-30-20)17(18-22(13,8-24)34-18)32-19(29)9-1-3-10(25)4-2-9/h1-4,11-18,20-21,23-28H,5-8H2/t11-,12+,13+,14+,15-,16+,17+,18-,20-,21+,22-/m0/s1. The van der Waals surface area contributed by atoms with Crippen molar-refractivity contribution in [2.75, 3.05) is 19.8 Å². The molecule has 4 aliphatic rings. The molecule has 34 heavy (non-hydrogen) atoms. The van der Waals surface area contributed by atoms with Crippen LogP contribution in [0.3, 0.4) is 0 Å². The van der Waals surface area contributed by atoms with Crippen LogP contribution < -0.4 is 0 Å². The van der Waals surface area contributed by atoms with Crippen LogP contribution in [0.25, 0.3) is 0 Å². The van der Waals surface area contributed by atoms with Gasteiger partial charge < -0.3 is 54.3 Å². The number of fused-ring (bicyclic) bond motifs is 3. The van der Waals surface area contributed by atoms with E-state index in [1.807, 2.05) is 0 Å². The second kappa shape index (κ2) is 8.97. The van der Waals surface area contributed by atoms with Crippen molar-refractivity contribution in [2.24, 2.45) is 11.8 Å². The van der Waals surface area contributed by atoms with Gasteiger partial charge in [0.2, 0.25) is 0 Å². The summed E-state index contributed by atoms with van der Waals surface area (Å²) in [6, 6.07) is 5.62. The number of hydrogen-bond acceptors (Lipinski definition) is 12. The lowest BCUT2D eigenvalue weighted by Crippen LogP contribution is -2.61.